The molecule has 1 amide bonds. The van der Waals surface area contributed by atoms with Gasteiger partial charge in [0.15, 0.2) is 6.07 Å². The van der Waals surface area contributed by atoms with E-state index in [-0.39, 0.29) is 12.5 Å². The van der Waals surface area contributed by atoms with Gasteiger partial charge in [-0.3, -0.25) is 4.98 Å². The number of alkyl carbamates (subject to hydrolysis) is 1. The molecule has 1 heterocycles. The third kappa shape index (κ3) is 5.90. The number of carbonyl (C=O) groups excluding carboxylic acids is 2. The number of esters is 1. The van der Waals surface area contributed by atoms with Crippen molar-refractivity contribution in [2.45, 2.75) is 38.8 Å². The summed E-state index contributed by atoms with van der Waals surface area (Å²) in [5.74, 6) is -0.631. The molecule has 0 spiro atoms. The molecule has 1 aromatic heterocycles. The standard InChI is InChI=1S/C18H21ClN2O4/c1-18(2,3)25-17(23)21-15(16(22)24-11-19)9-12-8-13-6-4-5-7-14(13)20-10-12/h4-8,10,15H,9,11H2,1-3H3,(H,21,23). The minimum atomic E-state index is -0.920. The average molecular weight is 365 g/mol. The van der Waals surface area contributed by atoms with Gasteiger partial charge >= 0.3 is 12.1 Å². The fraction of sp³-hybridized carbons (Fsp3) is 0.389. The van der Waals surface area contributed by atoms with Crippen LogP contribution in [0.2, 0.25) is 0 Å². The summed E-state index contributed by atoms with van der Waals surface area (Å²) in [5, 5.41) is 3.48. The molecule has 2 aromatic rings. The molecule has 0 fully saturated rings. The molecule has 0 saturated heterocycles. The van der Waals surface area contributed by atoms with Crippen molar-refractivity contribution in [3.05, 3.63) is 42.1 Å². The second-order valence-corrected chi connectivity index (χ2v) is 6.73. The predicted molar refractivity (Wildman–Crippen MR) is 95.4 cm³/mol. The molecule has 6 nitrogen and oxygen atoms in total. The summed E-state index contributed by atoms with van der Waals surface area (Å²) in [6.07, 6.45) is 1.19. The Hall–Kier alpha value is -2.34. The predicted octanol–water partition coefficient (Wildman–Crippen LogP) is 3.41. The largest absolute Gasteiger partial charge is 0.448 e. The van der Waals surface area contributed by atoms with E-state index < -0.39 is 23.7 Å². The van der Waals surface area contributed by atoms with Crippen LogP contribution in [0.4, 0.5) is 4.79 Å². The molecule has 1 aromatic carbocycles. The topological polar surface area (TPSA) is 77.5 Å². The smallest absolute Gasteiger partial charge is 0.408 e. The lowest BCUT2D eigenvalue weighted by Gasteiger charge is -2.22. The summed E-state index contributed by atoms with van der Waals surface area (Å²) in [5.41, 5.74) is 0.965. The second-order valence-electron chi connectivity index (χ2n) is 6.51. The Balaban J connectivity index is 2.16. The highest BCUT2D eigenvalue weighted by Crippen LogP contribution is 2.15. The summed E-state index contributed by atoms with van der Waals surface area (Å²) >= 11 is 5.47. The van der Waals surface area contributed by atoms with Crippen LogP contribution in [-0.2, 0) is 20.7 Å². The van der Waals surface area contributed by atoms with Crippen LogP contribution in [0, 0.1) is 0 Å². The van der Waals surface area contributed by atoms with E-state index in [1.807, 2.05) is 30.3 Å². The molecule has 7 heteroatoms. The molecule has 0 saturated carbocycles. The number of aromatic nitrogens is 1. The Kier molecular flexibility index (Phi) is 6.20. The van der Waals surface area contributed by atoms with Gasteiger partial charge in [0, 0.05) is 18.0 Å². The van der Waals surface area contributed by atoms with Crippen LogP contribution < -0.4 is 5.32 Å². The summed E-state index contributed by atoms with van der Waals surface area (Å²) in [6, 6.07) is 8.35. The molecule has 1 atom stereocenters. The van der Waals surface area contributed by atoms with E-state index in [1.165, 1.54) is 0 Å². The van der Waals surface area contributed by atoms with Gasteiger partial charge in [-0.15, -0.1) is 0 Å². The first-order valence-corrected chi connectivity index (χ1v) is 8.38. The Morgan fingerprint density at radius 3 is 2.68 bits per heavy atom. The maximum absolute atomic E-state index is 12.1. The molecular weight excluding hydrogens is 344 g/mol. The van der Waals surface area contributed by atoms with E-state index in [2.05, 4.69) is 10.3 Å². The highest BCUT2D eigenvalue weighted by Gasteiger charge is 2.26. The SMILES string of the molecule is CC(C)(C)OC(=O)NC(Cc1cnc2ccccc2c1)C(=O)OCCl. The highest BCUT2D eigenvalue weighted by molar-refractivity contribution is 6.17. The van der Waals surface area contributed by atoms with Gasteiger partial charge in [0.2, 0.25) is 0 Å². The van der Waals surface area contributed by atoms with Crippen molar-refractivity contribution < 1.29 is 19.1 Å². The fourth-order valence-electron chi connectivity index (χ4n) is 2.26. The molecule has 1 N–H and O–H groups in total. The first kappa shape index (κ1) is 19.0. The molecule has 2 rings (SSSR count). The number of fused-ring (bicyclic) bond motifs is 1. The van der Waals surface area contributed by atoms with Crippen molar-refractivity contribution in [3.8, 4) is 0 Å². The minimum Gasteiger partial charge on any atom is -0.448 e. The Bertz CT molecular complexity index is 758. The molecule has 0 aliphatic heterocycles. The summed E-state index contributed by atoms with van der Waals surface area (Å²) in [4.78, 5) is 28.5. The number of ether oxygens (including phenoxy) is 2. The lowest BCUT2D eigenvalue weighted by Crippen LogP contribution is -2.45. The number of nitrogens with one attached hydrogen (secondary N) is 1. The van der Waals surface area contributed by atoms with Gasteiger partial charge in [-0.2, -0.15) is 0 Å². The van der Waals surface area contributed by atoms with Crippen molar-refractivity contribution in [1.82, 2.24) is 10.3 Å². The van der Waals surface area contributed by atoms with E-state index >= 15 is 0 Å². The monoisotopic (exact) mass is 364 g/mol. The zero-order chi connectivity index (χ0) is 18.4. The molecule has 0 aliphatic carbocycles. The van der Waals surface area contributed by atoms with Crippen molar-refractivity contribution in [2.75, 3.05) is 6.07 Å². The number of para-hydroxylation sites is 1. The molecule has 0 aliphatic rings. The van der Waals surface area contributed by atoms with Crippen molar-refractivity contribution in [2.24, 2.45) is 0 Å². The first-order chi connectivity index (χ1) is 11.8. The number of amides is 1. The van der Waals surface area contributed by atoms with E-state index in [0.717, 1.165) is 16.5 Å². The third-order valence-electron chi connectivity index (χ3n) is 3.26. The van der Waals surface area contributed by atoms with Crippen LogP contribution in [0.1, 0.15) is 26.3 Å². The normalized spacial score (nSPS) is 12.5. The van der Waals surface area contributed by atoms with Crippen LogP contribution >= 0.6 is 11.6 Å². The Labute approximate surface area is 151 Å². The lowest BCUT2D eigenvalue weighted by molar-refractivity contribution is -0.144. The second kappa shape index (κ2) is 8.16. The van der Waals surface area contributed by atoms with Crippen LogP contribution in [0.25, 0.3) is 10.9 Å². The lowest BCUT2D eigenvalue weighted by atomic mass is 10.1. The number of hydrogen-bond acceptors (Lipinski definition) is 5. The number of carbonyl (C=O) groups is 2. The van der Waals surface area contributed by atoms with Crippen molar-refractivity contribution >= 4 is 34.6 Å². The van der Waals surface area contributed by atoms with E-state index in [1.54, 1.807) is 27.0 Å². The van der Waals surface area contributed by atoms with E-state index in [9.17, 15) is 9.59 Å². The van der Waals surface area contributed by atoms with Gasteiger partial charge in [-0.1, -0.05) is 29.8 Å². The third-order valence-corrected chi connectivity index (χ3v) is 3.37. The fourth-order valence-corrected chi connectivity index (χ4v) is 2.37. The minimum absolute atomic E-state index is 0.215. The number of rotatable bonds is 5. The molecule has 1 unspecified atom stereocenters. The van der Waals surface area contributed by atoms with Gasteiger partial charge in [-0.25, -0.2) is 9.59 Å². The van der Waals surface area contributed by atoms with Crippen LogP contribution in [0.5, 0.6) is 0 Å². The maximum atomic E-state index is 12.1. The molecule has 0 bridgehead atoms. The van der Waals surface area contributed by atoms with Gasteiger partial charge in [0.25, 0.3) is 0 Å². The van der Waals surface area contributed by atoms with E-state index in [4.69, 9.17) is 21.1 Å². The van der Waals surface area contributed by atoms with Crippen LogP contribution in [0.15, 0.2) is 36.5 Å². The number of hydrogen-bond donors (Lipinski definition) is 1. The zero-order valence-electron chi connectivity index (χ0n) is 14.4. The number of pyridine rings is 1. The Morgan fingerprint density at radius 2 is 2.00 bits per heavy atom. The zero-order valence-corrected chi connectivity index (χ0v) is 15.2. The van der Waals surface area contributed by atoms with Gasteiger partial charge < -0.3 is 14.8 Å². The number of nitrogens with zero attached hydrogens (tertiary/aromatic N) is 1. The summed E-state index contributed by atoms with van der Waals surface area (Å²) in [6.45, 7) is 5.23. The van der Waals surface area contributed by atoms with Crippen LogP contribution in [-0.4, -0.2) is 34.8 Å². The number of halogens is 1. The first-order valence-electron chi connectivity index (χ1n) is 7.84. The van der Waals surface area contributed by atoms with Gasteiger partial charge in [0.1, 0.15) is 11.6 Å². The molecule has 25 heavy (non-hydrogen) atoms. The van der Waals surface area contributed by atoms with E-state index in [0.29, 0.717) is 0 Å². The molecule has 0 radical (unpaired) electrons. The average Bonchev–Trinajstić information content (AvgIpc) is 2.52. The van der Waals surface area contributed by atoms with Crippen LogP contribution in [0.3, 0.4) is 0 Å². The highest BCUT2D eigenvalue weighted by atomic mass is 35.5. The molecule has 134 valence electrons. The van der Waals surface area contributed by atoms with Crippen molar-refractivity contribution in [3.63, 3.8) is 0 Å². The quantitative estimate of drug-likeness (QED) is 0.649. The maximum Gasteiger partial charge on any atom is 0.408 e. The molecular formula is C18H21ClN2O4. The van der Waals surface area contributed by atoms with Gasteiger partial charge in [0.05, 0.1) is 5.52 Å². The van der Waals surface area contributed by atoms with Gasteiger partial charge in [-0.05, 0) is 38.5 Å². The number of alkyl halides is 1. The Morgan fingerprint density at radius 1 is 1.28 bits per heavy atom. The summed E-state index contributed by atoms with van der Waals surface area (Å²) in [7, 11) is 0. The number of benzene rings is 1. The van der Waals surface area contributed by atoms with Crippen molar-refractivity contribution in [1.29, 1.82) is 0 Å². The summed E-state index contributed by atoms with van der Waals surface area (Å²) < 4.78 is 10.0.